The largest absolute Gasteiger partial charge is 0.493 e. The first-order valence-corrected chi connectivity index (χ1v) is 6.42. The van der Waals surface area contributed by atoms with Crippen molar-refractivity contribution in [1.29, 1.82) is 0 Å². The third-order valence-corrected chi connectivity index (χ3v) is 3.56. The van der Waals surface area contributed by atoms with Crippen molar-refractivity contribution in [2.75, 3.05) is 6.61 Å². The number of hydrogen-bond acceptors (Lipinski definition) is 2. The number of halogens is 1. The lowest BCUT2D eigenvalue weighted by molar-refractivity contribution is 0.357. The Morgan fingerprint density at radius 3 is 2.84 bits per heavy atom. The van der Waals surface area contributed by atoms with E-state index in [1.54, 1.807) is 6.07 Å². The van der Waals surface area contributed by atoms with Crippen molar-refractivity contribution in [3.63, 3.8) is 0 Å². The molecule has 1 aliphatic rings. The van der Waals surface area contributed by atoms with E-state index in [4.69, 9.17) is 10.5 Å². The Hall–Kier alpha value is -1.87. The average molecular weight is 257 g/mol. The minimum absolute atomic E-state index is 0.246. The van der Waals surface area contributed by atoms with E-state index < -0.39 is 6.04 Å². The van der Waals surface area contributed by atoms with Crippen LogP contribution in [0.5, 0.6) is 5.75 Å². The highest BCUT2D eigenvalue weighted by Gasteiger charge is 2.17. The molecule has 1 atom stereocenters. The Bertz CT molecular complexity index is 624. The van der Waals surface area contributed by atoms with E-state index in [9.17, 15) is 4.39 Å². The first-order valence-electron chi connectivity index (χ1n) is 6.42. The van der Waals surface area contributed by atoms with Gasteiger partial charge >= 0.3 is 0 Å². The topological polar surface area (TPSA) is 35.2 Å². The predicted octanol–water partition coefficient (Wildman–Crippen LogP) is 3.12. The fourth-order valence-electron chi connectivity index (χ4n) is 2.46. The summed E-state index contributed by atoms with van der Waals surface area (Å²) >= 11 is 0. The van der Waals surface area contributed by atoms with Crippen molar-refractivity contribution in [1.82, 2.24) is 0 Å². The fraction of sp³-hybridized carbons (Fsp3) is 0.250. The molecule has 0 saturated heterocycles. The van der Waals surface area contributed by atoms with Crippen LogP contribution in [0.25, 0.3) is 0 Å². The van der Waals surface area contributed by atoms with E-state index in [1.165, 1.54) is 6.07 Å². The zero-order chi connectivity index (χ0) is 13.4. The summed E-state index contributed by atoms with van der Waals surface area (Å²) in [6, 6.07) is 10.6. The normalized spacial score (nSPS) is 14.9. The highest BCUT2D eigenvalue weighted by Crippen LogP contribution is 2.30. The molecule has 2 aromatic rings. The molecule has 1 aliphatic heterocycles. The molecular formula is C16H16FNO. The summed E-state index contributed by atoms with van der Waals surface area (Å²) in [5.74, 6) is 0.671. The van der Waals surface area contributed by atoms with E-state index in [2.05, 4.69) is 0 Å². The second-order valence-corrected chi connectivity index (χ2v) is 4.97. The van der Waals surface area contributed by atoms with Gasteiger partial charge in [0.15, 0.2) is 0 Å². The smallest absolute Gasteiger partial charge is 0.128 e. The zero-order valence-electron chi connectivity index (χ0n) is 10.8. The van der Waals surface area contributed by atoms with Crippen LogP contribution in [-0.4, -0.2) is 6.61 Å². The summed E-state index contributed by atoms with van der Waals surface area (Å²) in [6.45, 7) is 2.58. The molecule has 0 fully saturated rings. The second-order valence-electron chi connectivity index (χ2n) is 4.97. The number of fused-ring (bicyclic) bond motifs is 1. The van der Waals surface area contributed by atoms with Crippen LogP contribution in [0.1, 0.15) is 28.3 Å². The molecule has 2 nitrogen and oxygen atoms in total. The van der Waals surface area contributed by atoms with Gasteiger partial charge in [-0.1, -0.05) is 24.3 Å². The third-order valence-electron chi connectivity index (χ3n) is 3.56. The van der Waals surface area contributed by atoms with Crippen molar-refractivity contribution >= 4 is 0 Å². The highest BCUT2D eigenvalue weighted by molar-refractivity contribution is 5.43. The molecular weight excluding hydrogens is 241 g/mol. The van der Waals surface area contributed by atoms with Gasteiger partial charge in [0.25, 0.3) is 0 Å². The lowest BCUT2D eigenvalue weighted by atomic mass is 9.96. The Labute approximate surface area is 112 Å². The van der Waals surface area contributed by atoms with Crippen LogP contribution >= 0.6 is 0 Å². The van der Waals surface area contributed by atoms with Gasteiger partial charge in [-0.2, -0.15) is 0 Å². The number of benzene rings is 2. The maximum Gasteiger partial charge on any atom is 0.128 e. The molecule has 0 saturated carbocycles. The predicted molar refractivity (Wildman–Crippen MR) is 72.8 cm³/mol. The Kier molecular flexibility index (Phi) is 2.99. The lowest BCUT2D eigenvalue weighted by Gasteiger charge is -2.15. The molecule has 0 radical (unpaired) electrons. The quantitative estimate of drug-likeness (QED) is 0.897. The summed E-state index contributed by atoms with van der Waals surface area (Å²) in [7, 11) is 0. The van der Waals surface area contributed by atoms with Gasteiger partial charge in [0.05, 0.1) is 12.6 Å². The maximum absolute atomic E-state index is 14.0. The molecule has 2 N–H and O–H groups in total. The Morgan fingerprint density at radius 1 is 1.21 bits per heavy atom. The average Bonchev–Trinajstić information content (AvgIpc) is 2.85. The number of hydrogen-bond donors (Lipinski definition) is 1. The molecule has 0 amide bonds. The summed E-state index contributed by atoms with van der Waals surface area (Å²) in [5, 5.41) is 0. The summed E-state index contributed by atoms with van der Waals surface area (Å²) in [5.41, 5.74) is 9.69. The first kappa shape index (κ1) is 12.2. The maximum atomic E-state index is 14.0. The molecule has 1 unspecified atom stereocenters. The van der Waals surface area contributed by atoms with Gasteiger partial charge in [-0.25, -0.2) is 4.39 Å². The van der Waals surface area contributed by atoms with Crippen molar-refractivity contribution in [2.45, 2.75) is 19.4 Å². The van der Waals surface area contributed by atoms with Gasteiger partial charge < -0.3 is 10.5 Å². The lowest BCUT2D eigenvalue weighted by Crippen LogP contribution is -2.13. The minimum atomic E-state index is -0.438. The Balaban J connectivity index is 1.97. The van der Waals surface area contributed by atoms with Gasteiger partial charge in [0.2, 0.25) is 0 Å². The molecule has 3 rings (SSSR count). The van der Waals surface area contributed by atoms with E-state index >= 15 is 0 Å². The molecule has 0 aliphatic carbocycles. The minimum Gasteiger partial charge on any atom is -0.493 e. The van der Waals surface area contributed by atoms with Crippen LogP contribution < -0.4 is 10.5 Å². The van der Waals surface area contributed by atoms with Crippen molar-refractivity contribution in [2.24, 2.45) is 5.73 Å². The second kappa shape index (κ2) is 4.67. The SMILES string of the molecule is Cc1ccc(C(N)c2ccc3c(c2)CCO3)c(F)c1. The molecule has 0 aromatic heterocycles. The van der Waals surface area contributed by atoms with Gasteiger partial charge in [-0.3, -0.25) is 0 Å². The van der Waals surface area contributed by atoms with Crippen molar-refractivity contribution in [3.05, 3.63) is 64.5 Å². The van der Waals surface area contributed by atoms with Crippen molar-refractivity contribution in [3.8, 4) is 5.75 Å². The number of aryl methyl sites for hydroxylation is 1. The van der Waals surface area contributed by atoms with Crippen molar-refractivity contribution < 1.29 is 9.13 Å². The molecule has 19 heavy (non-hydrogen) atoms. The summed E-state index contributed by atoms with van der Waals surface area (Å²) < 4.78 is 19.4. The Morgan fingerprint density at radius 2 is 2.05 bits per heavy atom. The zero-order valence-corrected chi connectivity index (χ0v) is 10.8. The van der Waals surface area contributed by atoms with Crippen LogP contribution in [0.15, 0.2) is 36.4 Å². The molecule has 0 bridgehead atoms. The van der Waals surface area contributed by atoms with Gasteiger partial charge in [-0.05, 0) is 35.7 Å². The summed E-state index contributed by atoms with van der Waals surface area (Å²) in [4.78, 5) is 0. The molecule has 2 aromatic carbocycles. The highest BCUT2D eigenvalue weighted by atomic mass is 19.1. The van der Waals surface area contributed by atoms with E-state index in [0.717, 1.165) is 28.9 Å². The van der Waals surface area contributed by atoms with E-state index in [-0.39, 0.29) is 5.82 Å². The molecule has 98 valence electrons. The first-order chi connectivity index (χ1) is 9.15. The number of rotatable bonds is 2. The van der Waals surface area contributed by atoms with E-state index in [0.29, 0.717) is 12.2 Å². The van der Waals surface area contributed by atoms with Crippen LogP contribution in [0.4, 0.5) is 4.39 Å². The van der Waals surface area contributed by atoms with Gasteiger partial charge in [0.1, 0.15) is 11.6 Å². The molecule has 0 spiro atoms. The van der Waals surface area contributed by atoms with Crippen LogP contribution in [0.2, 0.25) is 0 Å². The van der Waals surface area contributed by atoms with Gasteiger partial charge in [0, 0.05) is 12.0 Å². The number of nitrogens with two attached hydrogens (primary N) is 1. The van der Waals surface area contributed by atoms with Gasteiger partial charge in [-0.15, -0.1) is 0 Å². The van der Waals surface area contributed by atoms with E-state index in [1.807, 2.05) is 31.2 Å². The monoisotopic (exact) mass is 257 g/mol. The van der Waals surface area contributed by atoms with Crippen LogP contribution in [-0.2, 0) is 6.42 Å². The van der Waals surface area contributed by atoms with Crippen LogP contribution in [0, 0.1) is 12.7 Å². The van der Waals surface area contributed by atoms with Crippen LogP contribution in [0.3, 0.4) is 0 Å². The standard InChI is InChI=1S/C16H16FNO/c1-10-2-4-13(14(17)8-10)16(18)12-3-5-15-11(9-12)6-7-19-15/h2-5,8-9,16H,6-7,18H2,1H3. The molecule has 3 heteroatoms. The fourth-order valence-corrected chi connectivity index (χ4v) is 2.46. The molecule has 1 heterocycles. The third kappa shape index (κ3) is 2.22. The summed E-state index contributed by atoms with van der Waals surface area (Å²) in [6.07, 6.45) is 0.895. The number of ether oxygens (including phenoxy) is 1.